The lowest BCUT2D eigenvalue weighted by atomic mass is 10.1. The van der Waals surface area contributed by atoms with Crippen LogP contribution < -0.4 is 5.73 Å². The first-order valence-corrected chi connectivity index (χ1v) is 3.68. The van der Waals surface area contributed by atoms with E-state index in [0.717, 1.165) is 6.42 Å². The van der Waals surface area contributed by atoms with Gasteiger partial charge in [0, 0.05) is 12.6 Å². The first-order valence-electron chi connectivity index (χ1n) is 3.68. The van der Waals surface area contributed by atoms with Crippen LogP contribution in [0.5, 0.6) is 0 Å². The van der Waals surface area contributed by atoms with Gasteiger partial charge in [0.05, 0.1) is 12.7 Å². The van der Waals surface area contributed by atoms with E-state index in [4.69, 9.17) is 15.6 Å². The van der Waals surface area contributed by atoms with Crippen molar-refractivity contribution >= 4 is 0 Å². The fraction of sp³-hybridized carbons (Fsp3) is 1.00. The maximum atomic E-state index is 8.57. The van der Waals surface area contributed by atoms with Gasteiger partial charge < -0.3 is 15.6 Å². The molecule has 2 atom stereocenters. The van der Waals surface area contributed by atoms with Gasteiger partial charge in [-0.05, 0) is 20.3 Å². The molecule has 0 saturated heterocycles. The molecule has 0 saturated carbocycles. The third-order valence-electron chi connectivity index (χ3n) is 1.32. The molecule has 3 nitrogen and oxygen atoms in total. The summed E-state index contributed by atoms with van der Waals surface area (Å²) in [5, 5.41) is 8.57. The molecule has 0 unspecified atom stereocenters. The van der Waals surface area contributed by atoms with Gasteiger partial charge in [0.2, 0.25) is 0 Å². The molecule has 0 aliphatic heterocycles. The fourth-order valence-corrected chi connectivity index (χ4v) is 0.853. The molecule has 0 aromatic heterocycles. The molecule has 0 aliphatic carbocycles. The first kappa shape index (κ1) is 9.88. The lowest BCUT2D eigenvalue weighted by Gasteiger charge is -2.14. The van der Waals surface area contributed by atoms with E-state index in [1.807, 2.05) is 13.8 Å². The van der Waals surface area contributed by atoms with Gasteiger partial charge >= 0.3 is 0 Å². The van der Waals surface area contributed by atoms with Crippen LogP contribution in [-0.4, -0.2) is 30.5 Å². The van der Waals surface area contributed by atoms with E-state index in [0.29, 0.717) is 6.61 Å². The lowest BCUT2D eigenvalue weighted by molar-refractivity contribution is 0.0599. The summed E-state index contributed by atoms with van der Waals surface area (Å²) in [4.78, 5) is 0. The van der Waals surface area contributed by atoms with E-state index in [-0.39, 0.29) is 18.8 Å². The molecule has 0 aromatic carbocycles. The number of rotatable bonds is 5. The summed E-state index contributed by atoms with van der Waals surface area (Å²) in [6.45, 7) is 4.65. The summed E-state index contributed by atoms with van der Waals surface area (Å²) in [6, 6.07) is -0.137. The van der Waals surface area contributed by atoms with Crippen molar-refractivity contribution in [2.45, 2.75) is 32.4 Å². The lowest BCUT2D eigenvalue weighted by Crippen LogP contribution is -2.29. The van der Waals surface area contributed by atoms with Crippen molar-refractivity contribution in [3.8, 4) is 0 Å². The van der Waals surface area contributed by atoms with Crippen LogP contribution in [0.1, 0.15) is 20.3 Å². The minimum absolute atomic E-state index is 0.0391. The highest BCUT2D eigenvalue weighted by molar-refractivity contribution is 4.63. The molecule has 3 N–H and O–H groups in total. The standard InChI is InChI=1S/C7H17NO2/c1-3-10-6(2)4-7(8)5-9/h6-7,9H,3-5,8H2,1-2H3/t6-,7-/m0/s1. The molecule has 62 valence electrons. The molecular formula is C7H17NO2. The Labute approximate surface area is 62.2 Å². The van der Waals surface area contributed by atoms with Crippen LogP contribution in [0.25, 0.3) is 0 Å². The second-order valence-electron chi connectivity index (χ2n) is 2.44. The molecular weight excluding hydrogens is 130 g/mol. The Bertz CT molecular complexity index is 78.0. The molecule has 0 amide bonds. The second kappa shape index (κ2) is 5.65. The van der Waals surface area contributed by atoms with Crippen molar-refractivity contribution in [3.05, 3.63) is 0 Å². The van der Waals surface area contributed by atoms with Crippen LogP contribution in [0.15, 0.2) is 0 Å². The molecule has 0 heterocycles. The van der Waals surface area contributed by atoms with Gasteiger partial charge in [-0.15, -0.1) is 0 Å². The summed E-state index contributed by atoms with van der Waals surface area (Å²) in [6.07, 6.45) is 0.886. The highest BCUT2D eigenvalue weighted by Crippen LogP contribution is 1.99. The number of hydrogen-bond acceptors (Lipinski definition) is 3. The maximum absolute atomic E-state index is 8.57. The smallest absolute Gasteiger partial charge is 0.0583 e. The van der Waals surface area contributed by atoms with Crippen LogP contribution in [0, 0.1) is 0 Å². The Balaban J connectivity index is 3.27. The molecule has 0 aliphatic rings. The predicted molar refractivity (Wildman–Crippen MR) is 40.8 cm³/mol. The highest BCUT2D eigenvalue weighted by Gasteiger charge is 2.06. The number of nitrogens with two attached hydrogens (primary N) is 1. The number of hydrogen-bond donors (Lipinski definition) is 2. The van der Waals surface area contributed by atoms with Crippen molar-refractivity contribution in [3.63, 3.8) is 0 Å². The van der Waals surface area contributed by atoms with Crippen LogP contribution in [0.4, 0.5) is 0 Å². The second-order valence-corrected chi connectivity index (χ2v) is 2.44. The Morgan fingerprint density at radius 3 is 2.60 bits per heavy atom. The van der Waals surface area contributed by atoms with Crippen LogP contribution >= 0.6 is 0 Å². The monoisotopic (exact) mass is 147 g/mol. The van der Waals surface area contributed by atoms with Crippen molar-refractivity contribution < 1.29 is 9.84 Å². The number of ether oxygens (including phenoxy) is 1. The normalized spacial score (nSPS) is 16.8. The first-order chi connectivity index (χ1) is 4.70. The minimum Gasteiger partial charge on any atom is -0.395 e. The van der Waals surface area contributed by atoms with E-state index >= 15 is 0 Å². The van der Waals surface area contributed by atoms with Crippen molar-refractivity contribution in [1.82, 2.24) is 0 Å². The number of aliphatic hydroxyl groups is 1. The fourth-order valence-electron chi connectivity index (χ4n) is 0.853. The summed E-state index contributed by atoms with van der Waals surface area (Å²) in [5.41, 5.74) is 5.47. The summed E-state index contributed by atoms with van der Waals surface area (Å²) in [7, 11) is 0. The van der Waals surface area contributed by atoms with E-state index in [1.165, 1.54) is 0 Å². The van der Waals surface area contributed by atoms with E-state index < -0.39 is 0 Å². The molecule has 0 radical (unpaired) electrons. The average molecular weight is 147 g/mol. The van der Waals surface area contributed by atoms with Crippen molar-refractivity contribution in [2.24, 2.45) is 5.73 Å². The molecule has 0 aromatic rings. The SMILES string of the molecule is CCO[C@@H](C)C[C@H](N)CO. The minimum atomic E-state index is -0.137. The zero-order chi connectivity index (χ0) is 7.98. The zero-order valence-electron chi connectivity index (χ0n) is 6.71. The zero-order valence-corrected chi connectivity index (χ0v) is 6.71. The number of aliphatic hydroxyl groups excluding tert-OH is 1. The van der Waals surface area contributed by atoms with Gasteiger partial charge in [-0.1, -0.05) is 0 Å². The quantitative estimate of drug-likeness (QED) is 0.580. The Kier molecular flexibility index (Phi) is 5.58. The maximum Gasteiger partial charge on any atom is 0.0583 e. The van der Waals surface area contributed by atoms with Crippen molar-refractivity contribution in [2.75, 3.05) is 13.2 Å². The van der Waals surface area contributed by atoms with Crippen molar-refractivity contribution in [1.29, 1.82) is 0 Å². The topological polar surface area (TPSA) is 55.5 Å². The predicted octanol–water partition coefficient (Wildman–Crippen LogP) is 0.121. The van der Waals surface area contributed by atoms with E-state index in [2.05, 4.69) is 0 Å². The highest BCUT2D eigenvalue weighted by atomic mass is 16.5. The summed E-state index contributed by atoms with van der Waals surface area (Å²) < 4.78 is 5.22. The van der Waals surface area contributed by atoms with Crippen LogP contribution in [-0.2, 0) is 4.74 Å². The molecule has 0 bridgehead atoms. The van der Waals surface area contributed by atoms with E-state index in [9.17, 15) is 0 Å². The third-order valence-corrected chi connectivity index (χ3v) is 1.32. The van der Waals surface area contributed by atoms with Gasteiger partial charge in [0.15, 0.2) is 0 Å². The third kappa shape index (κ3) is 4.73. The molecule has 0 rings (SSSR count). The Morgan fingerprint density at radius 1 is 1.60 bits per heavy atom. The summed E-state index contributed by atoms with van der Waals surface area (Å²) in [5.74, 6) is 0. The summed E-state index contributed by atoms with van der Waals surface area (Å²) >= 11 is 0. The van der Waals surface area contributed by atoms with Gasteiger partial charge in [0.25, 0.3) is 0 Å². The molecule has 0 fully saturated rings. The Morgan fingerprint density at radius 2 is 2.20 bits per heavy atom. The van der Waals surface area contributed by atoms with Crippen LogP contribution in [0.3, 0.4) is 0 Å². The van der Waals surface area contributed by atoms with Crippen LogP contribution in [0.2, 0.25) is 0 Å². The Hall–Kier alpha value is -0.120. The van der Waals surface area contributed by atoms with Gasteiger partial charge in [-0.2, -0.15) is 0 Å². The van der Waals surface area contributed by atoms with Gasteiger partial charge in [-0.3, -0.25) is 0 Å². The largest absolute Gasteiger partial charge is 0.395 e. The van der Waals surface area contributed by atoms with Gasteiger partial charge in [-0.25, -0.2) is 0 Å². The molecule has 0 spiro atoms. The van der Waals surface area contributed by atoms with Gasteiger partial charge in [0.1, 0.15) is 0 Å². The molecule has 10 heavy (non-hydrogen) atoms. The average Bonchev–Trinajstić information content (AvgIpc) is 1.88. The van der Waals surface area contributed by atoms with E-state index in [1.54, 1.807) is 0 Å². The molecule has 3 heteroatoms.